The third-order valence-corrected chi connectivity index (χ3v) is 13.0. The number of carbonyl (C=O) groups excluding carboxylic acids is 2. The van der Waals surface area contributed by atoms with Gasteiger partial charge in [0.15, 0.2) is 12.4 Å². The SMILES string of the molecule is CC/C=C/C=C/C=C\CCCCCCCC(=O)OC1C(OCC(NC(=O)C(O)CCCCCCCC/C=C/CCCCCCCC)C(O)/C=C/CCCCCCCCCCC)OC(CO)C(O)C1O. The fourth-order valence-electron chi connectivity index (χ4n) is 8.47. The molecule has 0 radical (unpaired) electrons. The molecule has 0 aromatic carbocycles. The Morgan fingerprint density at radius 3 is 1.59 bits per heavy atom. The van der Waals surface area contributed by atoms with E-state index < -0.39 is 67.4 Å². The largest absolute Gasteiger partial charge is 0.454 e. The molecule has 0 aliphatic carbocycles. The van der Waals surface area contributed by atoms with Crippen LogP contribution >= 0.6 is 0 Å². The summed E-state index contributed by atoms with van der Waals surface area (Å²) in [5.74, 6) is -1.22. The molecule has 1 amide bonds. The van der Waals surface area contributed by atoms with Gasteiger partial charge in [-0.25, -0.2) is 0 Å². The molecule has 1 aliphatic rings. The minimum Gasteiger partial charge on any atom is -0.454 e. The number of hydrogen-bond donors (Lipinski definition) is 6. The Bertz CT molecular complexity index is 1350. The molecule has 6 N–H and O–H groups in total. The van der Waals surface area contributed by atoms with E-state index in [0.717, 1.165) is 89.9 Å². The van der Waals surface area contributed by atoms with Gasteiger partial charge in [-0.2, -0.15) is 0 Å². The smallest absolute Gasteiger partial charge is 0.306 e. The van der Waals surface area contributed by atoms with E-state index in [4.69, 9.17) is 14.2 Å². The van der Waals surface area contributed by atoms with Gasteiger partial charge >= 0.3 is 5.97 Å². The van der Waals surface area contributed by atoms with Crippen molar-refractivity contribution in [3.05, 3.63) is 60.8 Å². The van der Waals surface area contributed by atoms with Gasteiger partial charge in [-0.1, -0.05) is 216 Å². The van der Waals surface area contributed by atoms with E-state index in [1.54, 1.807) is 6.08 Å². The van der Waals surface area contributed by atoms with Crippen molar-refractivity contribution in [2.75, 3.05) is 13.2 Å². The summed E-state index contributed by atoms with van der Waals surface area (Å²) < 4.78 is 17.5. The number of rotatable bonds is 46. The van der Waals surface area contributed by atoms with Gasteiger partial charge in [0.2, 0.25) is 5.91 Å². The number of aliphatic hydroxyl groups excluding tert-OH is 5. The lowest BCUT2D eigenvalue weighted by molar-refractivity contribution is -0.305. The zero-order chi connectivity index (χ0) is 50.4. The molecule has 0 aromatic heterocycles. The van der Waals surface area contributed by atoms with Crippen LogP contribution in [0.2, 0.25) is 0 Å². The zero-order valence-electron chi connectivity index (χ0n) is 43.9. The Morgan fingerprint density at radius 2 is 1.06 bits per heavy atom. The first-order valence-corrected chi connectivity index (χ1v) is 28.1. The van der Waals surface area contributed by atoms with Gasteiger partial charge in [-0.15, -0.1) is 0 Å². The highest BCUT2D eigenvalue weighted by Gasteiger charge is 2.47. The number of amides is 1. The van der Waals surface area contributed by atoms with Gasteiger partial charge in [0, 0.05) is 6.42 Å². The fourth-order valence-corrected chi connectivity index (χ4v) is 8.47. The first-order chi connectivity index (χ1) is 33.7. The molecular weight excluding hydrogens is 871 g/mol. The third kappa shape index (κ3) is 35.2. The fraction of sp³-hybridized carbons (Fsp3) is 0.793. The Labute approximate surface area is 420 Å². The molecule has 0 aromatic rings. The number of unbranched alkanes of at least 4 members (excludes halogenated alkanes) is 26. The van der Waals surface area contributed by atoms with Crippen molar-refractivity contribution < 1.29 is 49.3 Å². The Kier molecular flexibility index (Phi) is 43.3. The van der Waals surface area contributed by atoms with Gasteiger partial charge in [-0.05, 0) is 70.6 Å². The Morgan fingerprint density at radius 1 is 0.580 bits per heavy atom. The quantitative estimate of drug-likeness (QED) is 0.0149. The van der Waals surface area contributed by atoms with E-state index in [-0.39, 0.29) is 19.4 Å². The van der Waals surface area contributed by atoms with Crippen LogP contribution in [0.1, 0.15) is 233 Å². The summed E-state index contributed by atoms with van der Waals surface area (Å²) in [4.78, 5) is 26.4. The van der Waals surface area contributed by atoms with E-state index in [2.05, 4.69) is 56.5 Å². The van der Waals surface area contributed by atoms with Crippen LogP contribution in [0.3, 0.4) is 0 Å². The second-order valence-electron chi connectivity index (χ2n) is 19.3. The molecule has 8 unspecified atom stereocenters. The van der Waals surface area contributed by atoms with Crippen molar-refractivity contribution in [1.82, 2.24) is 5.32 Å². The minimum absolute atomic E-state index is 0.0987. The van der Waals surface area contributed by atoms with E-state index in [9.17, 15) is 35.1 Å². The maximum absolute atomic E-state index is 13.4. The molecule has 11 heteroatoms. The van der Waals surface area contributed by atoms with Crippen LogP contribution in [-0.4, -0.2) is 99.6 Å². The first-order valence-electron chi connectivity index (χ1n) is 28.1. The van der Waals surface area contributed by atoms with Gasteiger partial charge in [0.25, 0.3) is 0 Å². The first kappa shape index (κ1) is 64.4. The lowest BCUT2D eigenvalue weighted by Gasteiger charge is -2.41. The summed E-state index contributed by atoms with van der Waals surface area (Å²) in [6, 6.07) is -1.03. The summed E-state index contributed by atoms with van der Waals surface area (Å²) in [7, 11) is 0. The molecule has 8 atom stereocenters. The van der Waals surface area contributed by atoms with Gasteiger partial charge in [0.05, 0.1) is 25.4 Å². The standard InChI is InChI=1S/C58H103NO10/c1-4-7-10-13-16-19-22-24-25-26-28-30-33-36-39-42-45-51(62)57(66)59-49(50(61)44-41-38-35-32-29-21-18-15-12-9-6-3)48-67-58-56(55(65)54(64)52(47-60)68-58)69-53(63)46-43-40-37-34-31-27-23-20-17-14-11-8-5-2/h8,11,14,17,20,23-25,41,44,49-52,54-56,58,60-62,64-65H,4-7,9-10,12-13,15-16,18-19,21-22,26-40,42-43,45-48H2,1-3H3,(H,59,66)/b11-8+,17-14+,23-20-,25-24+,44-41+. The van der Waals surface area contributed by atoms with E-state index in [1.807, 2.05) is 24.3 Å². The van der Waals surface area contributed by atoms with Crippen LogP contribution in [0.15, 0.2) is 60.8 Å². The van der Waals surface area contributed by atoms with E-state index >= 15 is 0 Å². The summed E-state index contributed by atoms with van der Waals surface area (Å²) in [6.07, 6.45) is 45.5. The third-order valence-electron chi connectivity index (χ3n) is 13.0. The summed E-state index contributed by atoms with van der Waals surface area (Å²) in [5.41, 5.74) is 0. The number of aliphatic hydroxyl groups is 5. The average Bonchev–Trinajstić information content (AvgIpc) is 3.34. The van der Waals surface area contributed by atoms with Crippen molar-refractivity contribution in [3.8, 4) is 0 Å². The molecule has 0 bridgehead atoms. The van der Waals surface area contributed by atoms with Crippen molar-refractivity contribution in [2.24, 2.45) is 0 Å². The van der Waals surface area contributed by atoms with E-state index in [1.165, 1.54) is 96.3 Å². The van der Waals surface area contributed by atoms with Gasteiger partial charge in [0.1, 0.15) is 24.4 Å². The van der Waals surface area contributed by atoms with Crippen LogP contribution < -0.4 is 5.32 Å². The normalized spacial score (nSPS) is 20.3. The highest BCUT2D eigenvalue weighted by molar-refractivity contribution is 5.80. The maximum atomic E-state index is 13.4. The number of esters is 1. The predicted molar refractivity (Wildman–Crippen MR) is 283 cm³/mol. The predicted octanol–water partition coefficient (Wildman–Crippen LogP) is 12.3. The van der Waals surface area contributed by atoms with Crippen LogP contribution in [0.25, 0.3) is 0 Å². The summed E-state index contributed by atoms with van der Waals surface area (Å²) in [6.45, 7) is 5.61. The van der Waals surface area contributed by atoms with Crippen LogP contribution in [0, 0.1) is 0 Å². The van der Waals surface area contributed by atoms with Crippen LogP contribution in [-0.2, 0) is 23.8 Å². The number of nitrogens with one attached hydrogen (secondary N) is 1. The molecule has 1 rings (SSSR count). The van der Waals surface area contributed by atoms with Crippen LogP contribution in [0.4, 0.5) is 0 Å². The van der Waals surface area contributed by atoms with Crippen molar-refractivity contribution in [2.45, 2.75) is 282 Å². The molecule has 11 nitrogen and oxygen atoms in total. The number of ether oxygens (including phenoxy) is 3. The van der Waals surface area contributed by atoms with Crippen LogP contribution in [0.5, 0.6) is 0 Å². The summed E-state index contributed by atoms with van der Waals surface area (Å²) >= 11 is 0. The zero-order valence-corrected chi connectivity index (χ0v) is 43.9. The topological polar surface area (TPSA) is 175 Å². The minimum atomic E-state index is -1.62. The molecule has 0 saturated carbocycles. The monoisotopic (exact) mass is 974 g/mol. The second-order valence-corrected chi connectivity index (χ2v) is 19.3. The summed E-state index contributed by atoms with van der Waals surface area (Å²) in [5, 5.41) is 56.7. The molecule has 400 valence electrons. The lowest BCUT2D eigenvalue weighted by Crippen LogP contribution is -2.61. The molecule has 1 saturated heterocycles. The molecule has 69 heavy (non-hydrogen) atoms. The Balaban J connectivity index is 2.75. The number of hydrogen-bond acceptors (Lipinski definition) is 10. The highest BCUT2D eigenvalue weighted by Crippen LogP contribution is 2.26. The van der Waals surface area contributed by atoms with Gasteiger partial charge < -0.3 is 45.1 Å². The van der Waals surface area contributed by atoms with Crippen molar-refractivity contribution >= 4 is 11.9 Å². The molecule has 1 heterocycles. The average molecular weight is 974 g/mol. The Hall–Kier alpha value is -2.64. The van der Waals surface area contributed by atoms with Gasteiger partial charge in [-0.3, -0.25) is 9.59 Å². The number of carbonyl (C=O) groups is 2. The molecule has 1 aliphatic heterocycles. The second kappa shape index (κ2) is 46.4. The number of allylic oxidation sites excluding steroid dienone is 9. The lowest BCUT2D eigenvalue weighted by atomic mass is 9.99. The molecular formula is C58H103NO10. The highest BCUT2D eigenvalue weighted by atomic mass is 16.7. The van der Waals surface area contributed by atoms with Crippen molar-refractivity contribution in [1.29, 1.82) is 0 Å². The maximum Gasteiger partial charge on any atom is 0.306 e. The molecule has 0 spiro atoms. The van der Waals surface area contributed by atoms with Crippen molar-refractivity contribution in [3.63, 3.8) is 0 Å². The molecule has 1 fully saturated rings. The van der Waals surface area contributed by atoms with E-state index in [0.29, 0.717) is 12.8 Å².